The van der Waals surface area contributed by atoms with Gasteiger partial charge in [0.05, 0.1) is 23.7 Å². The summed E-state index contributed by atoms with van der Waals surface area (Å²) in [6.45, 7) is 0. The summed E-state index contributed by atoms with van der Waals surface area (Å²) in [6.07, 6.45) is 4.10. The first-order chi connectivity index (χ1) is 7.90. The van der Waals surface area contributed by atoms with Crippen molar-refractivity contribution in [2.24, 2.45) is 0 Å². The standard InChI is InChI=1S/C12H8N2O2/c15-8-10-4-1-3-9-7-13-12(14(9)10)11-5-2-6-16-11/h1-8H. The lowest BCUT2D eigenvalue weighted by Gasteiger charge is -2.01. The Labute approximate surface area is 91.1 Å². The van der Waals surface area contributed by atoms with Crippen molar-refractivity contribution in [3.63, 3.8) is 0 Å². The molecule has 3 aromatic heterocycles. The molecule has 0 saturated heterocycles. The molecule has 0 aromatic carbocycles. The third-order valence-corrected chi connectivity index (χ3v) is 2.44. The largest absolute Gasteiger partial charge is 0.461 e. The average molecular weight is 212 g/mol. The summed E-state index contributed by atoms with van der Waals surface area (Å²) < 4.78 is 7.06. The first kappa shape index (κ1) is 8.91. The quantitative estimate of drug-likeness (QED) is 0.613. The molecule has 0 aliphatic carbocycles. The highest BCUT2D eigenvalue weighted by molar-refractivity contribution is 5.76. The second-order valence-electron chi connectivity index (χ2n) is 3.39. The molecule has 0 unspecified atom stereocenters. The number of hydrogen-bond acceptors (Lipinski definition) is 3. The summed E-state index contributed by atoms with van der Waals surface area (Å²) in [6, 6.07) is 9.07. The van der Waals surface area contributed by atoms with Crippen LogP contribution in [0.25, 0.3) is 17.1 Å². The zero-order valence-corrected chi connectivity index (χ0v) is 8.33. The van der Waals surface area contributed by atoms with Gasteiger partial charge >= 0.3 is 0 Å². The van der Waals surface area contributed by atoms with Crippen molar-refractivity contribution in [3.05, 3.63) is 48.5 Å². The maximum Gasteiger partial charge on any atom is 0.181 e. The maximum atomic E-state index is 11.0. The molecule has 0 radical (unpaired) electrons. The molecule has 0 fully saturated rings. The lowest BCUT2D eigenvalue weighted by molar-refractivity contribution is 0.111. The van der Waals surface area contributed by atoms with Crippen molar-refractivity contribution in [3.8, 4) is 11.6 Å². The van der Waals surface area contributed by atoms with Gasteiger partial charge in [0.2, 0.25) is 0 Å². The summed E-state index contributed by atoms with van der Waals surface area (Å²) >= 11 is 0. The Morgan fingerprint density at radius 3 is 2.94 bits per heavy atom. The topological polar surface area (TPSA) is 47.5 Å². The van der Waals surface area contributed by atoms with Crippen LogP contribution in [0, 0.1) is 0 Å². The monoisotopic (exact) mass is 212 g/mol. The van der Waals surface area contributed by atoms with Gasteiger partial charge < -0.3 is 4.42 Å². The normalized spacial score (nSPS) is 10.8. The Kier molecular flexibility index (Phi) is 1.86. The lowest BCUT2D eigenvalue weighted by atomic mass is 10.3. The van der Waals surface area contributed by atoms with Crippen LogP contribution in [0.2, 0.25) is 0 Å². The minimum Gasteiger partial charge on any atom is -0.461 e. The fraction of sp³-hybridized carbons (Fsp3) is 0. The number of rotatable bonds is 2. The molecule has 3 heterocycles. The van der Waals surface area contributed by atoms with Gasteiger partial charge in [-0.3, -0.25) is 9.20 Å². The fourth-order valence-electron chi connectivity index (χ4n) is 1.75. The predicted molar refractivity (Wildman–Crippen MR) is 58.3 cm³/mol. The van der Waals surface area contributed by atoms with Crippen LogP contribution in [-0.2, 0) is 0 Å². The second kappa shape index (κ2) is 3.34. The number of fused-ring (bicyclic) bond motifs is 1. The van der Waals surface area contributed by atoms with Crippen molar-refractivity contribution in [1.29, 1.82) is 0 Å². The molecule has 0 aliphatic rings. The van der Waals surface area contributed by atoms with Crippen LogP contribution >= 0.6 is 0 Å². The van der Waals surface area contributed by atoms with Gasteiger partial charge in [-0.15, -0.1) is 0 Å². The molecule has 0 amide bonds. The van der Waals surface area contributed by atoms with E-state index in [1.807, 2.05) is 18.2 Å². The molecular formula is C12H8N2O2. The number of furan rings is 1. The third-order valence-electron chi connectivity index (χ3n) is 2.44. The molecule has 16 heavy (non-hydrogen) atoms. The average Bonchev–Trinajstić information content (AvgIpc) is 2.96. The Morgan fingerprint density at radius 2 is 2.19 bits per heavy atom. The van der Waals surface area contributed by atoms with E-state index in [2.05, 4.69) is 4.98 Å². The number of aromatic nitrogens is 2. The summed E-state index contributed by atoms with van der Waals surface area (Å²) in [5.74, 6) is 1.29. The Morgan fingerprint density at radius 1 is 1.25 bits per heavy atom. The van der Waals surface area contributed by atoms with Crippen LogP contribution in [0.5, 0.6) is 0 Å². The van der Waals surface area contributed by atoms with Gasteiger partial charge in [-0.1, -0.05) is 6.07 Å². The molecule has 0 spiro atoms. The highest BCUT2D eigenvalue weighted by atomic mass is 16.3. The van der Waals surface area contributed by atoms with E-state index in [0.717, 1.165) is 11.8 Å². The van der Waals surface area contributed by atoms with E-state index >= 15 is 0 Å². The SMILES string of the molecule is O=Cc1cccc2cnc(-c3ccco3)n12. The van der Waals surface area contributed by atoms with E-state index in [4.69, 9.17) is 4.42 Å². The minimum absolute atomic E-state index is 0.557. The van der Waals surface area contributed by atoms with Gasteiger partial charge in [-0.2, -0.15) is 0 Å². The zero-order valence-electron chi connectivity index (χ0n) is 8.33. The van der Waals surface area contributed by atoms with Gasteiger partial charge in [-0.25, -0.2) is 4.98 Å². The number of imidazole rings is 1. The van der Waals surface area contributed by atoms with Crippen molar-refractivity contribution >= 4 is 11.8 Å². The molecule has 3 aromatic rings. The minimum atomic E-state index is 0.557. The number of pyridine rings is 1. The number of carbonyl (C=O) groups excluding carboxylic acids is 1. The molecule has 0 saturated carbocycles. The van der Waals surface area contributed by atoms with Crippen molar-refractivity contribution in [2.75, 3.05) is 0 Å². The Bertz CT molecular complexity index is 638. The lowest BCUT2D eigenvalue weighted by Crippen LogP contribution is -1.96. The number of aldehydes is 1. The second-order valence-corrected chi connectivity index (χ2v) is 3.39. The van der Waals surface area contributed by atoms with Gasteiger partial charge in [0.15, 0.2) is 17.9 Å². The van der Waals surface area contributed by atoms with Gasteiger partial charge in [0, 0.05) is 0 Å². The van der Waals surface area contributed by atoms with Gasteiger partial charge in [0.1, 0.15) is 0 Å². The number of hydrogen-bond donors (Lipinski definition) is 0. The molecular weight excluding hydrogens is 204 g/mol. The van der Waals surface area contributed by atoms with E-state index in [9.17, 15) is 4.79 Å². The van der Waals surface area contributed by atoms with Crippen molar-refractivity contribution in [2.45, 2.75) is 0 Å². The third kappa shape index (κ3) is 1.16. The van der Waals surface area contributed by atoms with Gasteiger partial charge in [-0.05, 0) is 24.3 Å². The van der Waals surface area contributed by atoms with Crippen LogP contribution in [0.3, 0.4) is 0 Å². The van der Waals surface area contributed by atoms with E-state index in [-0.39, 0.29) is 0 Å². The molecule has 0 N–H and O–H groups in total. The maximum absolute atomic E-state index is 11.0. The summed E-state index contributed by atoms with van der Waals surface area (Å²) in [4.78, 5) is 15.2. The molecule has 78 valence electrons. The molecule has 3 rings (SSSR count). The molecule has 0 aliphatic heterocycles. The smallest absolute Gasteiger partial charge is 0.181 e. The summed E-state index contributed by atoms with van der Waals surface area (Å²) in [5.41, 5.74) is 1.43. The van der Waals surface area contributed by atoms with Gasteiger partial charge in [0.25, 0.3) is 0 Å². The highest BCUT2D eigenvalue weighted by Crippen LogP contribution is 2.21. The van der Waals surface area contributed by atoms with Crippen molar-refractivity contribution < 1.29 is 9.21 Å². The Balaban J connectivity index is 2.38. The molecule has 0 atom stereocenters. The first-order valence-electron chi connectivity index (χ1n) is 4.85. The van der Waals surface area contributed by atoms with E-state index in [0.29, 0.717) is 17.3 Å². The Hall–Kier alpha value is -2.36. The zero-order chi connectivity index (χ0) is 11.0. The summed E-state index contributed by atoms with van der Waals surface area (Å²) in [7, 11) is 0. The predicted octanol–water partition coefficient (Wildman–Crippen LogP) is 2.41. The summed E-state index contributed by atoms with van der Waals surface area (Å²) in [5, 5.41) is 0. The van der Waals surface area contributed by atoms with E-state index in [1.165, 1.54) is 0 Å². The van der Waals surface area contributed by atoms with Crippen LogP contribution < -0.4 is 0 Å². The first-order valence-corrected chi connectivity index (χ1v) is 4.85. The fourth-order valence-corrected chi connectivity index (χ4v) is 1.75. The van der Waals surface area contributed by atoms with E-state index in [1.54, 1.807) is 29.0 Å². The van der Waals surface area contributed by atoms with Crippen LogP contribution in [-0.4, -0.2) is 15.7 Å². The number of carbonyl (C=O) groups is 1. The van der Waals surface area contributed by atoms with Crippen LogP contribution in [0.1, 0.15) is 10.5 Å². The highest BCUT2D eigenvalue weighted by Gasteiger charge is 2.10. The number of nitrogens with zero attached hydrogens (tertiary/aromatic N) is 2. The van der Waals surface area contributed by atoms with Crippen molar-refractivity contribution in [1.82, 2.24) is 9.38 Å². The molecule has 4 heteroatoms. The van der Waals surface area contributed by atoms with E-state index < -0.39 is 0 Å². The molecule has 4 nitrogen and oxygen atoms in total. The molecule has 0 bridgehead atoms. The van der Waals surface area contributed by atoms with Crippen LogP contribution in [0.15, 0.2) is 47.2 Å². The van der Waals surface area contributed by atoms with Crippen LogP contribution in [0.4, 0.5) is 0 Å².